The van der Waals surface area contributed by atoms with E-state index in [1.165, 1.54) is 0 Å². The molecule has 2 amide bonds. The standard InChI is InChI=1S/C9H11N3O.C2H6/c13-9(11-7-4-5-7)12-8-3-1-2-6-10-8;1-2/h1-3,6-7H,4-5H2,(H2,10,11,12,13);1-2H3. The molecule has 0 aliphatic heterocycles. The van der Waals surface area contributed by atoms with Crippen LogP contribution in [0, 0.1) is 0 Å². The van der Waals surface area contributed by atoms with Crippen LogP contribution in [0.2, 0.25) is 0 Å². The van der Waals surface area contributed by atoms with Gasteiger partial charge in [-0.2, -0.15) is 0 Å². The van der Waals surface area contributed by atoms with Crippen LogP contribution in [-0.4, -0.2) is 17.1 Å². The zero-order valence-corrected chi connectivity index (χ0v) is 9.16. The maximum absolute atomic E-state index is 11.2. The molecule has 0 bridgehead atoms. The summed E-state index contributed by atoms with van der Waals surface area (Å²) in [6.07, 6.45) is 3.83. The van der Waals surface area contributed by atoms with Crippen molar-refractivity contribution < 1.29 is 4.79 Å². The van der Waals surface area contributed by atoms with Crippen LogP contribution in [0.1, 0.15) is 26.7 Å². The molecule has 4 nitrogen and oxygen atoms in total. The van der Waals surface area contributed by atoms with Gasteiger partial charge in [0.1, 0.15) is 5.82 Å². The molecule has 0 aromatic carbocycles. The second kappa shape index (κ2) is 6.01. The lowest BCUT2D eigenvalue weighted by Crippen LogP contribution is -2.30. The topological polar surface area (TPSA) is 54.0 Å². The van der Waals surface area contributed by atoms with Crippen LogP contribution in [0.5, 0.6) is 0 Å². The smallest absolute Gasteiger partial charge is 0.320 e. The molecular formula is C11H17N3O. The van der Waals surface area contributed by atoms with Gasteiger partial charge in [-0.15, -0.1) is 0 Å². The molecule has 1 heterocycles. The first-order chi connectivity index (χ1) is 7.34. The van der Waals surface area contributed by atoms with Crippen molar-refractivity contribution in [3.05, 3.63) is 24.4 Å². The van der Waals surface area contributed by atoms with E-state index in [-0.39, 0.29) is 6.03 Å². The number of hydrogen-bond acceptors (Lipinski definition) is 2. The van der Waals surface area contributed by atoms with Gasteiger partial charge in [-0.25, -0.2) is 9.78 Å². The van der Waals surface area contributed by atoms with Crippen molar-refractivity contribution >= 4 is 11.8 Å². The Labute approximate surface area is 90.1 Å². The SMILES string of the molecule is CC.O=C(Nc1ccccn1)NC1CC1. The molecule has 0 radical (unpaired) electrons. The van der Waals surface area contributed by atoms with Crippen LogP contribution >= 0.6 is 0 Å². The van der Waals surface area contributed by atoms with E-state index in [9.17, 15) is 4.79 Å². The summed E-state index contributed by atoms with van der Waals surface area (Å²) in [4.78, 5) is 15.2. The van der Waals surface area contributed by atoms with Crippen molar-refractivity contribution in [2.45, 2.75) is 32.7 Å². The summed E-state index contributed by atoms with van der Waals surface area (Å²) >= 11 is 0. The number of anilines is 1. The highest BCUT2D eigenvalue weighted by atomic mass is 16.2. The van der Waals surface area contributed by atoms with Crippen LogP contribution in [0.4, 0.5) is 10.6 Å². The number of carbonyl (C=O) groups is 1. The average molecular weight is 207 g/mol. The van der Waals surface area contributed by atoms with Gasteiger partial charge in [0, 0.05) is 12.2 Å². The van der Waals surface area contributed by atoms with Crippen molar-refractivity contribution in [2.24, 2.45) is 0 Å². The van der Waals surface area contributed by atoms with E-state index in [2.05, 4.69) is 15.6 Å². The maximum Gasteiger partial charge on any atom is 0.320 e. The van der Waals surface area contributed by atoms with Gasteiger partial charge >= 0.3 is 6.03 Å². The number of urea groups is 1. The fraction of sp³-hybridized carbons (Fsp3) is 0.455. The molecule has 1 aliphatic rings. The minimum absolute atomic E-state index is 0.166. The Morgan fingerprint density at radius 2 is 2.13 bits per heavy atom. The number of carbonyl (C=O) groups excluding carboxylic acids is 1. The molecule has 1 aliphatic carbocycles. The molecule has 4 heteroatoms. The molecule has 1 fully saturated rings. The van der Waals surface area contributed by atoms with E-state index < -0.39 is 0 Å². The molecule has 0 unspecified atom stereocenters. The van der Waals surface area contributed by atoms with Gasteiger partial charge in [-0.05, 0) is 25.0 Å². The molecular weight excluding hydrogens is 190 g/mol. The van der Waals surface area contributed by atoms with Crippen molar-refractivity contribution in [3.63, 3.8) is 0 Å². The third-order valence-corrected chi connectivity index (χ3v) is 1.82. The zero-order chi connectivity index (χ0) is 11.1. The van der Waals surface area contributed by atoms with Gasteiger partial charge in [-0.3, -0.25) is 5.32 Å². The van der Waals surface area contributed by atoms with Crippen LogP contribution < -0.4 is 10.6 Å². The summed E-state index contributed by atoms with van der Waals surface area (Å²) in [6.45, 7) is 4.00. The fourth-order valence-corrected chi connectivity index (χ4v) is 1.00. The highest BCUT2D eigenvalue weighted by molar-refractivity contribution is 5.88. The summed E-state index contributed by atoms with van der Waals surface area (Å²) in [7, 11) is 0. The predicted molar refractivity (Wildman–Crippen MR) is 60.8 cm³/mol. The Kier molecular flexibility index (Phi) is 4.60. The summed E-state index contributed by atoms with van der Waals surface area (Å²) in [5.41, 5.74) is 0. The monoisotopic (exact) mass is 207 g/mol. The lowest BCUT2D eigenvalue weighted by atomic mass is 10.5. The van der Waals surface area contributed by atoms with Crippen LogP contribution in [0.15, 0.2) is 24.4 Å². The number of hydrogen-bond donors (Lipinski definition) is 2. The molecule has 1 saturated carbocycles. The van der Waals surface area contributed by atoms with Crippen LogP contribution in [0.3, 0.4) is 0 Å². The van der Waals surface area contributed by atoms with Crippen molar-refractivity contribution in [3.8, 4) is 0 Å². The molecule has 1 aromatic heterocycles. The number of amides is 2. The number of rotatable bonds is 2. The maximum atomic E-state index is 11.2. The van der Waals surface area contributed by atoms with Gasteiger partial charge in [-0.1, -0.05) is 19.9 Å². The first-order valence-corrected chi connectivity index (χ1v) is 5.33. The Morgan fingerprint density at radius 1 is 1.40 bits per heavy atom. The largest absolute Gasteiger partial charge is 0.335 e. The van der Waals surface area contributed by atoms with Gasteiger partial charge in [0.25, 0.3) is 0 Å². The fourth-order valence-electron chi connectivity index (χ4n) is 1.00. The number of nitrogens with zero attached hydrogens (tertiary/aromatic N) is 1. The molecule has 0 spiro atoms. The second-order valence-corrected chi connectivity index (χ2v) is 3.09. The van der Waals surface area contributed by atoms with E-state index >= 15 is 0 Å². The van der Waals surface area contributed by atoms with E-state index in [0.29, 0.717) is 11.9 Å². The lowest BCUT2D eigenvalue weighted by molar-refractivity contribution is 0.251. The van der Waals surface area contributed by atoms with E-state index in [1.54, 1.807) is 12.3 Å². The molecule has 2 rings (SSSR count). The predicted octanol–water partition coefficient (Wildman–Crippen LogP) is 2.39. The van der Waals surface area contributed by atoms with Crippen LogP contribution in [0.25, 0.3) is 0 Å². The van der Waals surface area contributed by atoms with Crippen molar-refractivity contribution in [2.75, 3.05) is 5.32 Å². The summed E-state index contributed by atoms with van der Waals surface area (Å²) in [6, 6.07) is 5.61. The number of nitrogens with one attached hydrogen (secondary N) is 2. The highest BCUT2D eigenvalue weighted by Crippen LogP contribution is 2.18. The van der Waals surface area contributed by atoms with E-state index in [0.717, 1.165) is 12.8 Å². The van der Waals surface area contributed by atoms with Crippen molar-refractivity contribution in [1.29, 1.82) is 0 Å². The molecule has 82 valence electrons. The third-order valence-electron chi connectivity index (χ3n) is 1.82. The Balaban J connectivity index is 0.000000531. The highest BCUT2D eigenvalue weighted by Gasteiger charge is 2.23. The van der Waals surface area contributed by atoms with Gasteiger partial charge in [0.05, 0.1) is 0 Å². The molecule has 1 aromatic rings. The third kappa shape index (κ3) is 4.44. The van der Waals surface area contributed by atoms with E-state index in [1.807, 2.05) is 26.0 Å². The summed E-state index contributed by atoms with van der Waals surface area (Å²) < 4.78 is 0. The minimum Gasteiger partial charge on any atom is -0.335 e. The quantitative estimate of drug-likeness (QED) is 0.782. The molecule has 0 saturated heterocycles. The Hall–Kier alpha value is -1.58. The second-order valence-electron chi connectivity index (χ2n) is 3.09. The zero-order valence-electron chi connectivity index (χ0n) is 9.16. The number of pyridine rings is 1. The van der Waals surface area contributed by atoms with Gasteiger partial charge < -0.3 is 5.32 Å². The summed E-state index contributed by atoms with van der Waals surface area (Å²) in [5, 5.41) is 5.46. The van der Waals surface area contributed by atoms with Gasteiger partial charge in [0.15, 0.2) is 0 Å². The molecule has 2 N–H and O–H groups in total. The Bertz CT molecular complexity index is 296. The van der Waals surface area contributed by atoms with Gasteiger partial charge in [0.2, 0.25) is 0 Å². The van der Waals surface area contributed by atoms with Crippen molar-refractivity contribution in [1.82, 2.24) is 10.3 Å². The Morgan fingerprint density at radius 3 is 2.67 bits per heavy atom. The first-order valence-electron chi connectivity index (χ1n) is 5.33. The number of aromatic nitrogens is 1. The molecule has 0 atom stereocenters. The average Bonchev–Trinajstić information content (AvgIpc) is 3.06. The normalized spacial score (nSPS) is 13.5. The lowest BCUT2D eigenvalue weighted by Gasteiger charge is -2.04. The minimum atomic E-state index is -0.166. The first kappa shape index (κ1) is 11.5. The van der Waals surface area contributed by atoms with E-state index in [4.69, 9.17) is 0 Å². The summed E-state index contributed by atoms with van der Waals surface area (Å²) in [5.74, 6) is 0.584. The van der Waals surface area contributed by atoms with Crippen LogP contribution in [-0.2, 0) is 0 Å². The molecule has 15 heavy (non-hydrogen) atoms.